The van der Waals surface area contributed by atoms with Crippen LogP contribution in [0.4, 0.5) is 4.79 Å². The number of imide groups is 1. The van der Waals surface area contributed by atoms with E-state index in [1.807, 2.05) is 0 Å². The van der Waals surface area contributed by atoms with Crippen molar-refractivity contribution in [3.8, 4) is 0 Å². The van der Waals surface area contributed by atoms with Gasteiger partial charge in [-0.25, -0.2) is 4.79 Å². The Kier molecular flexibility index (Phi) is 6.52. The van der Waals surface area contributed by atoms with E-state index in [2.05, 4.69) is 29.0 Å². The van der Waals surface area contributed by atoms with Crippen molar-refractivity contribution in [1.29, 1.82) is 0 Å². The zero-order valence-corrected chi connectivity index (χ0v) is 11.5. The molecule has 1 fully saturated rings. The Morgan fingerprint density at radius 1 is 1.53 bits per heavy atom. The Morgan fingerprint density at radius 3 is 2.89 bits per heavy atom. The molecule has 19 heavy (non-hydrogen) atoms. The van der Waals surface area contributed by atoms with Crippen LogP contribution < -0.4 is 16.4 Å². The van der Waals surface area contributed by atoms with E-state index in [0.29, 0.717) is 19.0 Å². The number of likely N-dealkylation sites (tertiary alicyclic amines) is 1. The number of piperidine rings is 1. The number of nitrogens with one attached hydrogen (secondary N) is 2. The number of carbonyl (C=O) groups is 2. The average molecular weight is 268 g/mol. The predicted octanol–water partition coefficient (Wildman–Crippen LogP) is 0.0574. The quantitative estimate of drug-likeness (QED) is 0.615. The summed E-state index contributed by atoms with van der Waals surface area (Å²) < 4.78 is 0. The summed E-state index contributed by atoms with van der Waals surface area (Å²) in [6.07, 6.45) is 3.62. The molecular weight excluding hydrogens is 244 g/mol. The van der Waals surface area contributed by atoms with Crippen LogP contribution in [0.3, 0.4) is 0 Å². The standard InChI is InChI=1S/C13H24N4O2/c1-3-5-15-13(19)16-12(18)9-17-6-4-10(2)7-11(17)8-14/h3,10-11H,1,4-9,14H2,2H3,(H2,15,16,18,19). The zero-order chi connectivity index (χ0) is 14.3. The fourth-order valence-corrected chi connectivity index (χ4v) is 2.31. The molecule has 0 radical (unpaired) electrons. The molecule has 0 aromatic rings. The molecule has 0 aromatic carbocycles. The van der Waals surface area contributed by atoms with Gasteiger partial charge in [0.1, 0.15) is 0 Å². The van der Waals surface area contributed by atoms with Crippen LogP contribution in [0.5, 0.6) is 0 Å². The van der Waals surface area contributed by atoms with E-state index in [4.69, 9.17) is 5.73 Å². The lowest BCUT2D eigenvalue weighted by Gasteiger charge is -2.37. The first kappa shape index (κ1) is 15.7. The van der Waals surface area contributed by atoms with E-state index < -0.39 is 6.03 Å². The Bertz CT molecular complexity index is 333. The van der Waals surface area contributed by atoms with Crippen LogP contribution in [0.15, 0.2) is 12.7 Å². The van der Waals surface area contributed by atoms with Gasteiger partial charge < -0.3 is 11.1 Å². The lowest BCUT2D eigenvalue weighted by Crippen LogP contribution is -2.51. The van der Waals surface area contributed by atoms with E-state index in [1.54, 1.807) is 6.08 Å². The largest absolute Gasteiger partial charge is 0.334 e. The molecule has 1 heterocycles. The van der Waals surface area contributed by atoms with Crippen molar-refractivity contribution in [2.45, 2.75) is 25.8 Å². The fourth-order valence-electron chi connectivity index (χ4n) is 2.31. The van der Waals surface area contributed by atoms with Gasteiger partial charge in [0.05, 0.1) is 6.54 Å². The highest BCUT2D eigenvalue weighted by molar-refractivity contribution is 5.95. The molecule has 0 aromatic heterocycles. The van der Waals surface area contributed by atoms with E-state index >= 15 is 0 Å². The molecule has 6 nitrogen and oxygen atoms in total. The average Bonchev–Trinajstić information content (AvgIpc) is 2.38. The van der Waals surface area contributed by atoms with Gasteiger partial charge in [-0.15, -0.1) is 6.58 Å². The van der Waals surface area contributed by atoms with Crippen molar-refractivity contribution >= 4 is 11.9 Å². The number of rotatable bonds is 5. The molecule has 4 N–H and O–H groups in total. The van der Waals surface area contributed by atoms with E-state index in [-0.39, 0.29) is 18.5 Å². The van der Waals surface area contributed by atoms with Crippen LogP contribution in [0.25, 0.3) is 0 Å². The molecule has 0 bridgehead atoms. The molecule has 1 rings (SSSR count). The summed E-state index contributed by atoms with van der Waals surface area (Å²) in [4.78, 5) is 25.1. The summed E-state index contributed by atoms with van der Waals surface area (Å²) in [6.45, 7) is 7.63. The van der Waals surface area contributed by atoms with E-state index in [0.717, 1.165) is 19.4 Å². The molecule has 108 valence electrons. The van der Waals surface area contributed by atoms with Crippen LogP contribution in [0.2, 0.25) is 0 Å². The van der Waals surface area contributed by atoms with Crippen LogP contribution in [0.1, 0.15) is 19.8 Å². The topological polar surface area (TPSA) is 87.5 Å². The Labute approximate surface area is 114 Å². The molecule has 6 heteroatoms. The number of nitrogens with zero attached hydrogens (tertiary/aromatic N) is 1. The van der Waals surface area contributed by atoms with Gasteiger partial charge in [-0.1, -0.05) is 13.0 Å². The van der Waals surface area contributed by atoms with Gasteiger partial charge in [-0.3, -0.25) is 15.0 Å². The minimum Gasteiger partial charge on any atom is -0.334 e. The molecule has 1 aliphatic rings. The first-order chi connectivity index (χ1) is 9.06. The van der Waals surface area contributed by atoms with Crippen LogP contribution in [-0.4, -0.2) is 49.1 Å². The molecular formula is C13H24N4O2. The summed E-state index contributed by atoms with van der Waals surface area (Å²) >= 11 is 0. The van der Waals surface area contributed by atoms with Crippen molar-refractivity contribution in [2.75, 3.05) is 26.2 Å². The van der Waals surface area contributed by atoms with Gasteiger partial charge in [-0.2, -0.15) is 0 Å². The normalized spacial score (nSPS) is 23.7. The highest BCUT2D eigenvalue weighted by Crippen LogP contribution is 2.21. The molecule has 1 aliphatic heterocycles. The molecule has 0 saturated carbocycles. The maximum Gasteiger partial charge on any atom is 0.321 e. The molecule has 0 spiro atoms. The zero-order valence-electron chi connectivity index (χ0n) is 11.5. The van der Waals surface area contributed by atoms with Crippen LogP contribution in [0, 0.1) is 5.92 Å². The van der Waals surface area contributed by atoms with Crippen LogP contribution in [-0.2, 0) is 4.79 Å². The van der Waals surface area contributed by atoms with Crippen molar-refractivity contribution < 1.29 is 9.59 Å². The smallest absolute Gasteiger partial charge is 0.321 e. The number of amides is 3. The maximum absolute atomic E-state index is 11.7. The summed E-state index contributed by atoms with van der Waals surface area (Å²) in [5.41, 5.74) is 5.73. The van der Waals surface area contributed by atoms with Crippen molar-refractivity contribution in [3.05, 3.63) is 12.7 Å². The SMILES string of the molecule is C=CCNC(=O)NC(=O)CN1CCC(C)CC1CN. The second-order valence-electron chi connectivity index (χ2n) is 5.04. The lowest BCUT2D eigenvalue weighted by molar-refractivity contribution is -0.122. The highest BCUT2D eigenvalue weighted by Gasteiger charge is 2.26. The summed E-state index contributed by atoms with van der Waals surface area (Å²) in [7, 11) is 0. The third kappa shape index (κ3) is 5.40. The van der Waals surface area contributed by atoms with Crippen molar-refractivity contribution in [3.63, 3.8) is 0 Å². The van der Waals surface area contributed by atoms with Gasteiger partial charge >= 0.3 is 6.03 Å². The summed E-state index contributed by atoms with van der Waals surface area (Å²) in [5, 5.41) is 4.80. The minimum atomic E-state index is -0.487. The van der Waals surface area contributed by atoms with Gasteiger partial charge in [0.2, 0.25) is 5.91 Å². The predicted molar refractivity (Wildman–Crippen MR) is 74.6 cm³/mol. The van der Waals surface area contributed by atoms with Crippen LogP contribution >= 0.6 is 0 Å². The second kappa shape index (κ2) is 7.91. The molecule has 2 unspecified atom stereocenters. The molecule has 1 saturated heterocycles. The Hall–Kier alpha value is -1.40. The van der Waals surface area contributed by atoms with Crippen molar-refractivity contribution in [2.24, 2.45) is 11.7 Å². The van der Waals surface area contributed by atoms with Gasteiger partial charge in [0, 0.05) is 19.1 Å². The monoisotopic (exact) mass is 268 g/mol. The Balaban J connectivity index is 2.38. The summed E-state index contributed by atoms with van der Waals surface area (Å²) in [6, 6.07) is -0.259. The number of hydrogen-bond acceptors (Lipinski definition) is 4. The maximum atomic E-state index is 11.7. The molecule has 2 atom stereocenters. The lowest BCUT2D eigenvalue weighted by atomic mass is 9.92. The number of urea groups is 1. The van der Waals surface area contributed by atoms with Crippen molar-refractivity contribution in [1.82, 2.24) is 15.5 Å². The summed E-state index contributed by atoms with van der Waals surface area (Å²) in [5.74, 6) is 0.346. The molecule has 0 aliphatic carbocycles. The molecule has 3 amide bonds. The minimum absolute atomic E-state index is 0.218. The van der Waals surface area contributed by atoms with Gasteiger partial charge in [-0.05, 0) is 25.3 Å². The van der Waals surface area contributed by atoms with E-state index in [1.165, 1.54) is 0 Å². The Morgan fingerprint density at radius 2 is 2.26 bits per heavy atom. The first-order valence-electron chi connectivity index (χ1n) is 6.69. The van der Waals surface area contributed by atoms with E-state index in [9.17, 15) is 9.59 Å². The number of nitrogens with two attached hydrogens (primary N) is 1. The van der Waals surface area contributed by atoms with Gasteiger partial charge in [0.15, 0.2) is 0 Å². The highest BCUT2D eigenvalue weighted by atomic mass is 16.2. The third-order valence-electron chi connectivity index (χ3n) is 3.38. The second-order valence-corrected chi connectivity index (χ2v) is 5.04. The first-order valence-corrected chi connectivity index (χ1v) is 6.69. The third-order valence-corrected chi connectivity index (χ3v) is 3.38. The number of hydrogen-bond donors (Lipinski definition) is 3. The fraction of sp³-hybridized carbons (Fsp3) is 0.692. The number of carbonyl (C=O) groups excluding carboxylic acids is 2. The van der Waals surface area contributed by atoms with Gasteiger partial charge in [0.25, 0.3) is 0 Å².